The van der Waals surface area contributed by atoms with Crippen LogP contribution in [0.1, 0.15) is 27.7 Å². The van der Waals surface area contributed by atoms with E-state index < -0.39 is 7.12 Å². The van der Waals surface area contributed by atoms with Gasteiger partial charge in [-0.25, -0.2) is 4.68 Å². The number of ether oxygens (including phenoxy) is 1. The van der Waals surface area contributed by atoms with Gasteiger partial charge < -0.3 is 14.0 Å². The Balaban J connectivity index is 1.93. The van der Waals surface area contributed by atoms with Gasteiger partial charge in [0, 0.05) is 27.5 Å². The number of hydrogen-bond acceptors (Lipinski definition) is 4. The highest BCUT2D eigenvalue weighted by atomic mass is 127. The van der Waals surface area contributed by atoms with Crippen LogP contribution in [-0.4, -0.2) is 35.2 Å². The Kier molecular flexibility index (Phi) is 4.78. The van der Waals surface area contributed by atoms with Crippen LogP contribution >= 0.6 is 38.5 Å². The highest BCUT2D eigenvalue weighted by molar-refractivity contribution is 14.1. The number of rotatable bonds is 3. The Morgan fingerprint density at radius 2 is 1.83 bits per heavy atom. The van der Waals surface area contributed by atoms with E-state index in [1.54, 1.807) is 13.3 Å². The van der Waals surface area contributed by atoms with E-state index in [9.17, 15) is 0 Å². The maximum Gasteiger partial charge on any atom is 0.498 e. The van der Waals surface area contributed by atoms with Crippen molar-refractivity contribution >= 4 is 51.1 Å². The van der Waals surface area contributed by atoms with Crippen molar-refractivity contribution in [2.24, 2.45) is 0 Å². The third-order valence-electron chi connectivity index (χ3n) is 4.60. The second kappa shape index (κ2) is 6.30. The summed E-state index contributed by atoms with van der Waals surface area (Å²) in [6.45, 7) is 8.17. The number of aromatic nitrogens is 2. The minimum Gasteiger partial charge on any atom is -0.495 e. The van der Waals surface area contributed by atoms with Gasteiger partial charge in [-0.05, 0) is 72.3 Å². The van der Waals surface area contributed by atoms with E-state index in [4.69, 9.17) is 14.0 Å². The summed E-state index contributed by atoms with van der Waals surface area (Å²) in [6, 6.07) is 3.96. The van der Waals surface area contributed by atoms with Crippen LogP contribution in [-0.2, 0) is 9.31 Å². The van der Waals surface area contributed by atoms with Crippen molar-refractivity contribution in [3.05, 3.63) is 32.6 Å². The molecule has 0 amide bonds. The fourth-order valence-corrected chi connectivity index (χ4v) is 4.07. The molecule has 1 aromatic heterocycles. The molecule has 1 saturated heterocycles. The van der Waals surface area contributed by atoms with Gasteiger partial charge in [0.05, 0.1) is 28.5 Å². The molecule has 5 nitrogen and oxygen atoms in total. The summed E-state index contributed by atoms with van der Waals surface area (Å²) in [4.78, 5) is 0. The Labute approximate surface area is 164 Å². The van der Waals surface area contributed by atoms with Gasteiger partial charge in [-0.1, -0.05) is 0 Å². The molecule has 8 heteroatoms. The summed E-state index contributed by atoms with van der Waals surface area (Å²) >= 11 is 5.78. The van der Waals surface area contributed by atoms with Gasteiger partial charge in [-0.2, -0.15) is 5.10 Å². The first kappa shape index (κ1) is 18.2. The molecule has 0 saturated carbocycles. The molecule has 1 fully saturated rings. The Bertz CT molecular complexity index is 763. The lowest BCUT2D eigenvalue weighted by molar-refractivity contribution is 0.00578. The molecule has 128 valence electrons. The maximum absolute atomic E-state index is 6.08. The number of nitrogens with zero attached hydrogens (tertiary/aromatic N) is 2. The first-order valence-electron chi connectivity index (χ1n) is 7.58. The third kappa shape index (κ3) is 3.13. The summed E-state index contributed by atoms with van der Waals surface area (Å²) in [5, 5.41) is 4.47. The normalized spacial score (nSPS) is 18.9. The van der Waals surface area contributed by atoms with Crippen molar-refractivity contribution < 1.29 is 14.0 Å². The smallest absolute Gasteiger partial charge is 0.495 e. The van der Waals surface area contributed by atoms with E-state index in [0.717, 1.165) is 24.9 Å². The third-order valence-corrected chi connectivity index (χ3v) is 6.08. The van der Waals surface area contributed by atoms with E-state index in [1.807, 2.05) is 50.7 Å². The topological polar surface area (TPSA) is 45.5 Å². The lowest BCUT2D eigenvalue weighted by Gasteiger charge is -2.32. The number of benzene rings is 1. The summed E-state index contributed by atoms with van der Waals surface area (Å²) in [5.74, 6) is 0.762. The van der Waals surface area contributed by atoms with Crippen molar-refractivity contribution in [1.29, 1.82) is 0 Å². The molecule has 0 atom stereocenters. The predicted octanol–water partition coefficient (Wildman–Crippen LogP) is 3.55. The molecule has 2 heterocycles. The molecule has 24 heavy (non-hydrogen) atoms. The molecular formula is C16H19BBrIN2O3. The zero-order valence-corrected chi connectivity index (χ0v) is 18.0. The quantitative estimate of drug-likeness (QED) is 0.474. The van der Waals surface area contributed by atoms with Crippen LogP contribution in [0.2, 0.25) is 0 Å². The Hall–Kier alpha value is -0.575. The second-order valence-electron chi connectivity index (χ2n) is 6.74. The highest BCUT2D eigenvalue weighted by Crippen LogP contribution is 2.36. The molecule has 0 N–H and O–H groups in total. The van der Waals surface area contributed by atoms with E-state index in [0.29, 0.717) is 0 Å². The van der Waals surface area contributed by atoms with E-state index >= 15 is 0 Å². The van der Waals surface area contributed by atoms with Gasteiger partial charge in [-0.15, -0.1) is 0 Å². The average molecular weight is 505 g/mol. The van der Waals surface area contributed by atoms with Gasteiger partial charge in [0.25, 0.3) is 0 Å². The molecule has 0 bridgehead atoms. The Morgan fingerprint density at radius 1 is 1.21 bits per heavy atom. The Morgan fingerprint density at radius 3 is 2.42 bits per heavy atom. The van der Waals surface area contributed by atoms with Crippen molar-refractivity contribution in [1.82, 2.24) is 9.78 Å². The first-order valence-corrected chi connectivity index (χ1v) is 9.45. The van der Waals surface area contributed by atoms with Gasteiger partial charge >= 0.3 is 7.12 Å². The molecule has 0 aliphatic carbocycles. The van der Waals surface area contributed by atoms with Crippen LogP contribution in [0.15, 0.2) is 29.0 Å². The molecule has 2 aromatic rings. The van der Waals surface area contributed by atoms with Gasteiger partial charge in [0.2, 0.25) is 0 Å². The average Bonchev–Trinajstić information content (AvgIpc) is 3.02. The van der Waals surface area contributed by atoms with Gasteiger partial charge in [0.15, 0.2) is 0 Å². The minimum atomic E-state index is -0.418. The molecule has 0 spiro atoms. The summed E-state index contributed by atoms with van der Waals surface area (Å²) in [5.41, 5.74) is 1.11. The zero-order valence-electron chi connectivity index (χ0n) is 14.3. The molecule has 0 radical (unpaired) electrons. The highest BCUT2D eigenvalue weighted by Gasteiger charge is 2.52. The zero-order chi connectivity index (χ0) is 17.7. The van der Waals surface area contributed by atoms with Crippen molar-refractivity contribution in [3.63, 3.8) is 0 Å². The molecule has 1 aliphatic rings. The predicted molar refractivity (Wildman–Crippen MR) is 106 cm³/mol. The van der Waals surface area contributed by atoms with E-state index in [2.05, 4.69) is 43.6 Å². The fraction of sp³-hybridized carbons (Fsp3) is 0.438. The number of methoxy groups -OCH3 is 1. The monoisotopic (exact) mass is 504 g/mol. The maximum atomic E-state index is 6.08. The number of hydrogen-bond donors (Lipinski definition) is 0. The van der Waals surface area contributed by atoms with Crippen LogP contribution in [0.3, 0.4) is 0 Å². The summed E-state index contributed by atoms with van der Waals surface area (Å²) in [7, 11) is 1.23. The minimum absolute atomic E-state index is 0.366. The van der Waals surface area contributed by atoms with Crippen molar-refractivity contribution in [3.8, 4) is 11.4 Å². The van der Waals surface area contributed by atoms with Crippen LogP contribution < -0.4 is 10.2 Å². The SMILES string of the molecule is COc1cc(-n2cc(B3OC(C)(C)C(C)(C)O3)cn2)c(I)cc1Br. The summed E-state index contributed by atoms with van der Waals surface area (Å²) < 4.78 is 21.3. The lowest BCUT2D eigenvalue weighted by atomic mass is 9.82. The lowest BCUT2D eigenvalue weighted by Crippen LogP contribution is -2.41. The van der Waals surface area contributed by atoms with E-state index in [1.165, 1.54) is 0 Å². The van der Waals surface area contributed by atoms with Crippen LogP contribution in [0.5, 0.6) is 5.75 Å². The molecule has 1 aliphatic heterocycles. The number of halogens is 2. The second-order valence-corrected chi connectivity index (χ2v) is 8.76. The van der Waals surface area contributed by atoms with Crippen molar-refractivity contribution in [2.45, 2.75) is 38.9 Å². The molecule has 1 aromatic carbocycles. The first-order chi connectivity index (χ1) is 11.1. The molecule has 0 unspecified atom stereocenters. The van der Waals surface area contributed by atoms with Gasteiger partial charge in [0.1, 0.15) is 5.75 Å². The van der Waals surface area contributed by atoms with Crippen LogP contribution in [0.4, 0.5) is 0 Å². The fourth-order valence-electron chi connectivity index (χ4n) is 2.42. The molecule has 3 rings (SSSR count). The largest absolute Gasteiger partial charge is 0.498 e. The standard InChI is InChI=1S/C16H19BBrIN2O3/c1-15(2)16(3,4)24-17(23-15)10-8-20-21(9-10)13-7-14(22-5)11(18)6-12(13)19/h6-9H,1-5H3. The van der Waals surface area contributed by atoms with Crippen LogP contribution in [0, 0.1) is 3.57 Å². The van der Waals surface area contributed by atoms with Crippen molar-refractivity contribution in [2.75, 3.05) is 7.11 Å². The summed E-state index contributed by atoms with van der Waals surface area (Å²) in [6.07, 6.45) is 3.72. The van der Waals surface area contributed by atoms with Gasteiger partial charge in [-0.3, -0.25) is 0 Å². The van der Waals surface area contributed by atoms with Crippen LogP contribution in [0.25, 0.3) is 5.69 Å². The van der Waals surface area contributed by atoms with E-state index in [-0.39, 0.29) is 11.2 Å². The molecular weight excluding hydrogens is 486 g/mol.